The molecule has 1 amide bonds. The summed E-state index contributed by atoms with van der Waals surface area (Å²) in [6.07, 6.45) is 12.2. The molecular formula is C26H27N3O. The fraction of sp³-hybridized carbons (Fsp3) is 0.269. The van der Waals surface area contributed by atoms with Gasteiger partial charge in [-0.15, -0.1) is 0 Å². The fourth-order valence-electron chi connectivity index (χ4n) is 3.94. The van der Waals surface area contributed by atoms with Crippen LogP contribution < -0.4 is 5.32 Å². The van der Waals surface area contributed by atoms with Crippen LogP contribution in [-0.2, 0) is 4.79 Å². The Hall–Kier alpha value is -3.27. The van der Waals surface area contributed by atoms with Crippen molar-refractivity contribution in [3.05, 3.63) is 78.1 Å². The van der Waals surface area contributed by atoms with Gasteiger partial charge in [-0.1, -0.05) is 86.0 Å². The molecule has 4 nitrogen and oxygen atoms in total. The highest BCUT2D eigenvalue weighted by Crippen LogP contribution is 2.27. The van der Waals surface area contributed by atoms with Gasteiger partial charge in [0.15, 0.2) is 5.82 Å². The number of amides is 1. The van der Waals surface area contributed by atoms with Gasteiger partial charge >= 0.3 is 0 Å². The largest absolute Gasteiger partial charge is 0.309 e. The summed E-state index contributed by atoms with van der Waals surface area (Å²) < 4.78 is 0. The summed E-state index contributed by atoms with van der Waals surface area (Å²) in [5.74, 6) is 1.03. The lowest BCUT2D eigenvalue weighted by atomic mass is 9.87. The predicted molar refractivity (Wildman–Crippen MR) is 123 cm³/mol. The molecule has 0 atom stereocenters. The van der Waals surface area contributed by atoms with E-state index in [-0.39, 0.29) is 5.91 Å². The van der Waals surface area contributed by atoms with Crippen molar-refractivity contribution in [2.75, 3.05) is 5.32 Å². The Balaban J connectivity index is 1.58. The lowest BCUT2D eigenvalue weighted by molar-refractivity contribution is -0.117. The molecule has 0 spiro atoms. The van der Waals surface area contributed by atoms with E-state index in [2.05, 4.69) is 10.3 Å². The summed E-state index contributed by atoms with van der Waals surface area (Å²) in [7, 11) is 0. The van der Waals surface area contributed by atoms with Crippen molar-refractivity contribution in [2.45, 2.75) is 38.5 Å². The second-order valence-corrected chi connectivity index (χ2v) is 7.86. The summed E-state index contributed by atoms with van der Waals surface area (Å²) in [5.41, 5.74) is 3.52. The SMILES string of the molecule is O=C(CC1CCCCC1)Nc1ncc(-c2ccccc2)nc1/C=C/c1ccccc1. The van der Waals surface area contributed by atoms with Gasteiger partial charge in [-0.2, -0.15) is 0 Å². The Bertz CT molecular complexity index is 993. The zero-order valence-corrected chi connectivity index (χ0v) is 17.1. The van der Waals surface area contributed by atoms with Crippen LogP contribution in [-0.4, -0.2) is 15.9 Å². The van der Waals surface area contributed by atoms with Gasteiger partial charge in [0.05, 0.1) is 11.9 Å². The number of hydrogen-bond acceptors (Lipinski definition) is 3. The molecule has 4 rings (SSSR count). The number of anilines is 1. The van der Waals surface area contributed by atoms with E-state index in [1.165, 1.54) is 19.3 Å². The highest BCUT2D eigenvalue weighted by molar-refractivity contribution is 5.92. The molecule has 2 aromatic carbocycles. The first kappa shape index (κ1) is 20.0. The number of rotatable bonds is 6. The van der Waals surface area contributed by atoms with Gasteiger partial charge in [0.2, 0.25) is 5.91 Å². The standard InChI is InChI=1S/C26H27N3O/c30-25(18-21-12-6-2-7-13-21)29-26-23(17-16-20-10-4-1-5-11-20)28-24(19-27-26)22-14-8-3-9-15-22/h1,3-5,8-11,14-17,19,21H,2,6-7,12-13,18H2,(H,27,29,30)/b17-16+. The minimum absolute atomic E-state index is 0.0259. The Morgan fingerprint density at radius 1 is 0.933 bits per heavy atom. The molecule has 1 fully saturated rings. The monoisotopic (exact) mass is 397 g/mol. The molecule has 0 bridgehead atoms. The highest BCUT2D eigenvalue weighted by Gasteiger charge is 2.18. The van der Waals surface area contributed by atoms with Gasteiger partial charge in [-0.25, -0.2) is 9.97 Å². The third kappa shape index (κ3) is 5.41. The molecule has 30 heavy (non-hydrogen) atoms. The van der Waals surface area contributed by atoms with Gasteiger partial charge in [0.25, 0.3) is 0 Å². The van der Waals surface area contributed by atoms with E-state index in [9.17, 15) is 4.79 Å². The molecule has 1 saturated carbocycles. The Morgan fingerprint density at radius 2 is 1.63 bits per heavy atom. The van der Waals surface area contributed by atoms with Gasteiger partial charge in [-0.05, 0) is 30.4 Å². The smallest absolute Gasteiger partial charge is 0.225 e. The maximum atomic E-state index is 12.7. The van der Waals surface area contributed by atoms with Crippen molar-refractivity contribution in [3.63, 3.8) is 0 Å². The summed E-state index contributed by atoms with van der Waals surface area (Å²) >= 11 is 0. The van der Waals surface area contributed by atoms with E-state index < -0.39 is 0 Å². The molecule has 0 unspecified atom stereocenters. The van der Waals surface area contributed by atoms with Gasteiger partial charge in [-0.3, -0.25) is 4.79 Å². The van der Waals surface area contributed by atoms with Crippen molar-refractivity contribution in [2.24, 2.45) is 5.92 Å². The van der Waals surface area contributed by atoms with Crippen LogP contribution in [0.5, 0.6) is 0 Å². The number of carbonyl (C=O) groups excluding carboxylic acids is 1. The zero-order valence-electron chi connectivity index (χ0n) is 17.1. The lowest BCUT2D eigenvalue weighted by Gasteiger charge is -2.20. The van der Waals surface area contributed by atoms with Gasteiger partial charge in [0, 0.05) is 12.0 Å². The molecule has 0 radical (unpaired) electrons. The predicted octanol–water partition coefficient (Wildman–Crippen LogP) is 6.22. The molecule has 0 saturated heterocycles. The Kier molecular flexibility index (Phi) is 6.65. The topological polar surface area (TPSA) is 54.9 Å². The molecule has 1 aliphatic rings. The van der Waals surface area contributed by atoms with E-state index >= 15 is 0 Å². The maximum absolute atomic E-state index is 12.7. The van der Waals surface area contributed by atoms with Crippen molar-refractivity contribution in [1.82, 2.24) is 9.97 Å². The van der Waals surface area contributed by atoms with E-state index in [0.717, 1.165) is 29.7 Å². The normalized spacial score (nSPS) is 14.7. The first-order chi connectivity index (χ1) is 14.8. The van der Waals surface area contributed by atoms with Crippen molar-refractivity contribution < 1.29 is 4.79 Å². The summed E-state index contributed by atoms with van der Waals surface area (Å²) in [4.78, 5) is 22.0. The van der Waals surface area contributed by atoms with Crippen LogP contribution in [0.4, 0.5) is 5.82 Å². The fourth-order valence-corrected chi connectivity index (χ4v) is 3.94. The summed E-state index contributed by atoms with van der Waals surface area (Å²) in [6, 6.07) is 20.0. The van der Waals surface area contributed by atoms with E-state index in [0.29, 0.717) is 23.9 Å². The molecule has 1 heterocycles. The first-order valence-electron chi connectivity index (χ1n) is 10.7. The van der Waals surface area contributed by atoms with Gasteiger partial charge in [0.1, 0.15) is 5.69 Å². The second-order valence-electron chi connectivity index (χ2n) is 7.86. The third-order valence-corrected chi connectivity index (χ3v) is 5.56. The molecule has 152 valence electrons. The number of benzene rings is 2. The second kappa shape index (κ2) is 9.97. The molecule has 3 aromatic rings. The van der Waals surface area contributed by atoms with Crippen LogP contribution >= 0.6 is 0 Å². The average molecular weight is 398 g/mol. The number of aromatic nitrogens is 2. The van der Waals surface area contributed by atoms with Crippen molar-refractivity contribution >= 4 is 23.9 Å². The first-order valence-corrected chi connectivity index (χ1v) is 10.7. The van der Waals surface area contributed by atoms with Crippen LogP contribution in [0.3, 0.4) is 0 Å². The number of nitrogens with one attached hydrogen (secondary N) is 1. The number of carbonyl (C=O) groups is 1. The van der Waals surface area contributed by atoms with Gasteiger partial charge < -0.3 is 5.32 Å². The van der Waals surface area contributed by atoms with Crippen LogP contribution in [0, 0.1) is 5.92 Å². The van der Waals surface area contributed by atoms with Crippen LogP contribution in [0.2, 0.25) is 0 Å². The third-order valence-electron chi connectivity index (χ3n) is 5.56. The number of hydrogen-bond donors (Lipinski definition) is 1. The lowest BCUT2D eigenvalue weighted by Crippen LogP contribution is -2.19. The minimum atomic E-state index is 0.0259. The minimum Gasteiger partial charge on any atom is -0.309 e. The maximum Gasteiger partial charge on any atom is 0.225 e. The molecule has 1 N–H and O–H groups in total. The molecular weight excluding hydrogens is 370 g/mol. The van der Waals surface area contributed by atoms with Crippen LogP contribution in [0.1, 0.15) is 49.8 Å². The molecule has 1 aromatic heterocycles. The van der Waals surface area contributed by atoms with E-state index in [4.69, 9.17) is 4.98 Å². The molecule has 1 aliphatic carbocycles. The average Bonchev–Trinajstić information content (AvgIpc) is 2.80. The van der Waals surface area contributed by atoms with E-state index in [1.54, 1.807) is 6.20 Å². The summed E-state index contributed by atoms with van der Waals surface area (Å²) in [5, 5.41) is 3.01. The zero-order chi connectivity index (χ0) is 20.6. The Labute approximate surface area is 178 Å². The quantitative estimate of drug-likeness (QED) is 0.537. The molecule has 0 aliphatic heterocycles. The van der Waals surface area contributed by atoms with Crippen molar-refractivity contribution in [1.29, 1.82) is 0 Å². The highest BCUT2D eigenvalue weighted by atomic mass is 16.1. The van der Waals surface area contributed by atoms with Crippen molar-refractivity contribution in [3.8, 4) is 11.3 Å². The number of nitrogens with zero attached hydrogens (tertiary/aromatic N) is 2. The molecule has 4 heteroatoms. The summed E-state index contributed by atoms with van der Waals surface area (Å²) in [6.45, 7) is 0. The van der Waals surface area contributed by atoms with Crippen LogP contribution in [0.25, 0.3) is 23.4 Å². The van der Waals surface area contributed by atoms with Crippen LogP contribution in [0.15, 0.2) is 66.9 Å². The Morgan fingerprint density at radius 3 is 2.37 bits per heavy atom. The van der Waals surface area contributed by atoms with E-state index in [1.807, 2.05) is 72.8 Å².